The number of sulfone groups is 1. The Morgan fingerprint density at radius 1 is 1.15 bits per heavy atom. The van der Waals surface area contributed by atoms with Gasteiger partial charge >= 0.3 is 5.97 Å². The zero-order valence-corrected chi connectivity index (χ0v) is 13.0. The van der Waals surface area contributed by atoms with Crippen molar-refractivity contribution in [3.63, 3.8) is 0 Å². The molecule has 1 aromatic carbocycles. The van der Waals surface area contributed by atoms with Crippen molar-refractivity contribution in [2.75, 3.05) is 12.9 Å². The van der Waals surface area contributed by atoms with Crippen molar-refractivity contribution in [3.05, 3.63) is 24.3 Å². The molecular weight excluding hydrogens is 280 g/mol. The minimum absolute atomic E-state index is 0.144. The predicted molar refractivity (Wildman–Crippen MR) is 75.5 cm³/mol. The molecule has 0 aliphatic carbocycles. The molecule has 0 aromatic heterocycles. The van der Waals surface area contributed by atoms with Crippen LogP contribution in [0.2, 0.25) is 0 Å². The molecule has 112 valence electrons. The predicted octanol–water partition coefficient (Wildman–Crippen LogP) is 2.20. The number of hydrogen-bond donors (Lipinski definition) is 0. The molecule has 0 saturated carbocycles. The summed E-state index contributed by atoms with van der Waals surface area (Å²) in [6.45, 7) is 5.59. The third kappa shape index (κ3) is 6.06. The van der Waals surface area contributed by atoms with Crippen LogP contribution in [0.3, 0.4) is 0 Å². The van der Waals surface area contributed by atoms with E-state index in [1.807, 2.05) is 0 Å². The fourth-order valence-corrected chi connectivity index (χ4v) is 2.06. The second-order valence-corrected chi connectivity index (χ2v) is 7.44. The van der Waals surface area contributed by atoms with Gasteiger partial charge in [0.05, 0.1) is 17.9 Å². The van der Waals surface area contributed by atoms with Gasteiger partial charge in [0.1, 0.15) is 11.4 Å². The first kappa shape index (κ1) is 16.5. The van der Waals surface area contributed by atoms with Crippen molar-refractivity contribution in [1.82, 2.24) is 0 Å². The van der Waals surface area contributed by atoms with Crippen LogP contribution in [0.5, 0.6) is 5.75 Å². The highest BCUT2D eigenvalue weighted by atomic mass is 32.2. The molecule has 5 nitrogen and oxygen atoms in total. The summed E-state index contributed by atoms with van der Waals surface area (Å²) < 4.78 is 33.1. The molecule has 0 amide bonds. The van der Waals surface area contributed by atoms with Crippen molar-refractivity contribution in [2.24, 2.45) is 0 Å². The van der Waals surface area contributed by atoms with E-state index in [-0.39, 0.29) is 23.9 Å². The van der Waals surface area contributed by atoms with Gasteiger partial charge in [0.25, 0.3) is 0 Å². The van der Waals surface area contributed by atoms with Gasteiger partial charge in [-0.05, 0) is 45.0 Å². The van der Waals surface area contributed by atoms with Crippen molar-refractivity contribution >= 4 is 15.8 Å². The minimum Gasteiger partial charge on any atom is -0.493 e. The Morgan fingerprint density at radius 2 is 1.70 bits per heavy atom. The molecule has 0 bridgehead atoms. The highest BCUT2D eigenvalue weighted by Gasteiger charge is 2.16. The first-order chi connectivity index (χ1) is 9.08. The van der Waals surface area contributed by atoms with E-state index in [4.69, 9.17) is 9.47 Å². The van der Waals surface area contributed by atoms with Crippen molar-refractivity contribution in [3.8, 4) is 5.75 Å². The van der Waals surface area contributed by atoms with Crippen molar-refractivity contribution in [2.45, 2.75) is 37.7 Å². The minimum atomic E-state index is -3.20. The van der Waals surface area contributed by atoms with Crippen LogP contribution in [-0.4, -0.2) is 32.9 Å². The second kappa shape index (κ2) is 6.26. The lowest BCUT2D eigenvalue weighted by Gasteiger charge is -2.19. The number of carbonyl (C=O) groups excluding carboxylic acids is 1. The van der Waals surface area contributed by atoms with Crippen molar-refractivity contribution < 1.29 is 22.7 Å². The summed E-state index contributed by atoms with van der Waals surface area (Å²) in [5.41, 5.74) is -0.506. The Labute approximate surface area is 119 Å². The van der Waals surface area contributed by atoms with Crippen molar-refractivity contribution in [1.29, 1.82) is 0 Å². The molecule has 0 heterocycles. The molecule has 0 fully saturated rings. The van der Waals surface area contributed by atoms with Gasteiger partial charge in [-0.2, -0.15) is 0 Å². The van der Waals surface area contributed by atoms with Gasteiger partial charge in [-0.15, -0.1) is 0 Å². The van der Waals surface area contributed by atoms with Crippen LogP contribution in [0.15, 0.2) is 29.2 Å². The zero-order valence-electron chi connectivity index (χ0n) is 12.2. The van der Waals surface area contributed by atoms with Crippen LogP contribution in [-0.2, 0) is 19.4 Å². The van der Waals surface area contributed by atoms with Gasteiger partial charge in [-0.3, -0.25) is 4.79 Å². The maximum Gasteiger partial charge on any atom is 0.309 e. The Morgan fingerprint density at radius 3 is 2.15 bits per heavy atom. The lowest BCUT2D eigenvalue weighted by Crippen LogP contribution is -2.24. The van der Waals surface area contributed by atoms with Gasteiger partial charge < -0.3 is 9.47 Å². The molecule has 0 N–H and O–H groups in total. The highest BCUT2D eigenvalue weighted by molar-refractivity contribution is 7.90. The largest absolute Gasteiger partial charge is 0.493 e. The summed E-state index contributed by atoms with van der Waals surface area (Å²) in [5.74, 6) is 0.186. The van der Waals surface area contributed by atoms with E-state index in [9.17, 15) is 13.2 Å². The van der Waals surface area contributed by atoms with Crippen LogP contribution >= 0.6 is 0 Å². The summed E-state index contributed by atoms with van der Waals surface area (Å²) in [7, 11) is -3.20. The second-order valence-electron chi connectivity index (χ2n) is 5.43. The highest BCUT2D eigenvalue weighted by Crippen LogP contribution is 2.16. The summed E-state index contributed by atoms with van der Waals surface area (Å²) in [6.07, 6.45) is 1.29. The smallest absolute Gasteiger partial charge is 0.309 e. The Balaban J connectivity index is 2.45. The van der Waals surface area contributed by atoms with Gasteiger partial charge in [-0.25, -0.2) is 8.42 Å². The third-order valence-corrected chi connectivity index (χ3v) is 3.38. The number of ether oxygens (including phenoxy) is 2. The van der Waals surface area contributed by atoms with Gasteiger partial charge in [0.2, 0.25) is 0 Å². The van der Waals surface area contributed by atoms with E-state index in [2.05, 4.69) is 0 Å². The number of esters is 1. The molecular formula is C14H20O5S. The molecule has 0 atom stereocenters. The van der Waals surface area contributed by atoms with Crippen LogP contribution in [0.4, 0.5) is 0 Å². The first-order valence-corrected chi connectivity index (χ1v) is 8.12. The van der Waals surface area contributed by atoms with Crippen LogP contribution in [0, 0.1) is 0 Å². The van der Waals surface area contributed by atoms with Crippen LogP contribution in [0.1, 0.15) is 27.2 Å². The number of carbonyl (C=O) groups is 1. The number of rotatable bonds is 5. The van der Waals surface area contributed by atoms with E-state index in [1.165, 1.54) is 12.1 Å². The average molecular weight is 300 g/mol. The zero-order chi connectivity index (χ0) is 15.4. The summed E-state index contributed by atoms with van der Waals surface area (Å²) in [6, 6.07) is 6.06. The van der Waals surface area contributed by atoms with Gasteiger partial charge in [0.15, 0.2) is 9.84 Å². The molecule has 0 aliphatic heterocycles. The Kier molecular flexibility index (Phi) is 5.16. The fraction of sp³-hybridized carbons (Fsp3) is 0.500. The fourth-order valence-electron chi connectivity index (χ4n) is 1.43. The van der Waals surface area contributed by atoms with Gasteiger partial charge in [0, 0.05) is 6.26 Å². The summed E-state index contributed by atoms with van der Waals surface area (Å²) in [4.78, 5) is 11.7. The number of hydrogen-bond acceptors (Lipinski definition) is 5. The van der Waals surface area contributed by atoms with Crippen LogP contribution in [0.25, 0.3) is 0 Å². The summed E-state index contributed by atoms with van der Waals surface area (Å²) >= 11 is 0. The Hall–Kier alpha value is -1.56. The molecule has 0 unspecified atom stereocenters. The molecule has 20 heavy (non-hydrogen) atoms. The monoisotopic (exact) mass is 300 g/mol. The number of benzene rings is 1. The SMILES string of the molecule is CC(C)(C)OC(=O)CCOc1ccc(S(C)(=O)=O)cc1. The topological polar surface area (TPSA) is 69.7 Å². The maximum atomic E-state index is 11.5. The van der Waals surface area contributed by atoms with E-state index >= 15 is 0 Å². The van der Waals surface area contributed by atoms with E-state index in [0.717, 1.165) is 6.26 Å². The Bertz CT molecular complexity index is 552. The van der Waals surface area contributed by atoms with E-state index < -0.39 is 15.4 Å². The molecule has 1 rings (SSSR count). The average Bonchev–Trinajstić information content (AvgIpc) is 2.26. The van der Waals surface area contributed by atoms with E-state index in [1.54, 1.807) is 32.9 Å². The molecule has 6 heteroatoms. The summed E-state index contributed by atoms with van der Waals surface area (Å²) in [5, 5.41) is 0. The molecule has 1 aromatic rings. The standard InChI is InChI=1S/C14H20O5S/c1-14(2,3)19-13(15)9-10-18-11-5-7-12(8-6-11)20(4,16)17/h5-8H,9-10H2,1-4H3. The lowest BCUT2D eigenvalue weighted by molar-refractivity contribution is -0.155. The quantitative estimate of drug-likeness (QED) is 0.780. The third-order valence-electron chi connectivity index (χ3n) is 2.25. The lowest BCUT2D eigenvalue weighted by atomic mass is 10.2. The van der Waals surface area contributed by atoms with Crippen LogP contribution < -0.4 is 4.74 Å². The van der Waals surface area contributed by atoms with Gasteiger partial charge in [-0.1, -0.05) is 0 Å². The van der Waals surface area contributed by atoms with E-state index in [0.29, 0.717) is 5.75 Å². The molecule has 0 radical (unpaired) electrons. The molecule has 0 saturated heterocycles. The molecule has 0 spiro atoms. The maximum absolute atomic E-state index is 11.5. The molecule has 0 aliphatic rings. The first-order valence-electron chi connectivity index (χ1n) is 6.23. The normalized spacial score (nSPS) is 12.0.